The number of nitrogens with one attached hydrogen (secondary N) is 1. The average Bonchev–Trinajstić information content (AvgIpc) is 2.90. The molecule has 0 aliphatic heterocycles. The summed E-state index contributed by atoms with van der Waals surface area (Å²) in [5.41, 5.74) is 0.356. The molecule has 3 rings (SSSR count). The van der Waals surface area contributed by atoms with Gasteiger partial charge in [0.2, 0.25) is 5.91 Å². The van der Waals surface area contributed by atoms with Gasteiger partial charge in [-0.3, -0.25) is 4.79 Å². The van der Waals surface area contributed by atoms with Crippen LogP contribution in [0.3, 0.4) is 0 Å². The van der Waals surface area contributed by atoms with Gasteiger partial charge in [-0.05, 0) is 30.7 Å². The largest absolute Gasteiger partial charge is 0.390 e. The molecule has 0 aromatic heterocycles. The molecule has 2 unspecified atom stereocenters. The van der Waals surface area contributed by atoms with Gasteiger partial charge in [-0.2, -0.15) is 0 Å². The molecule has 0 radical (unpaired) electrons. The van der Waals surface area contributed by atoms with Crippen LogP contribution in [0, 0.1) is 5.92 Å². The molecule has 3 N–H and O–H groups in total. The van der Waals surface area contributed by atoms with Gasteiger partial charge in [0.1, 0.15) is 6.10 Å². The van der Waals surface area contributed by atoms with Gasteiger partial charge >= 0.3 is 0 Å². The molecule has 4 heteroatoms. The maximum Gasteiger partial charge on any atom is 0.224 e. The Morgan fingerprint density at radius 3 is 2.68 bits per heavy atom. The normalized spacial score (nSPS) is 36.4. The summed E-state index contributed by atoms with van der Waals surface area (Å²) in [5, 5.41) is 22.9. The number of fused-ring (bicyclic) bond motifs is 2. The van der Waals surface area contributed by atoms with Crippen molar-refractivity contribution in [3.8, 4) is 0 Å². The quantitative estimate of drug-likeness (QED) is 0.747. The highest BCUT2D eigenvalue weighted by Gasteiger charge is 2.57. The first-order valence-corrected chi connectivity index (χ1v) is 6.82. The zero-order chi connectivity index (χ0) is 13.5. The minimum atomic E-state index is -0.828. The molecule has 4 atom stereocenters. The van der Waals surface area contributed by atoms with E-state index in [-0.39, 0.29) is 11.8 Å². The van der Waals surface area contributed by atoms with E-state index < -0.39 is 17.7 Å². The Labute approximate surface area is 112 Å². The van der Waals surface area contributed by atoms with Crippen molar-refractivity contribution in [2.24, 2.45) is 5.92 Å². The third kappa shape index (κ3) is 2.15. The molecule has 4 nitrogen and oxygen atoms in total. The predicted molar refractivity (Wildman–Crippen MR) is 70.4 cm³/mol. The molecule has 2 saturated carbocycles. The molecule has 0 spiro atoms. The van der Waals surface area contributed by atoms with Gasteiger partial charge < -0.3 is 15.5 Å². The van der Waals surface area contributed by atoms with Gasteiger partial charge in [-0.25, -0.2) is 0 Å². The first-order valence-electron chi connectivity index (χ1n) is 6.82. The summed E-state index contributed by atoms with van der Waals surface area (Å²) in [5.74, 6) is 0.0482. The number of amides is 1. The molecule has 19 heavy (non-hydrogen) atoms. The molecule has 1 amide bonds. The summed E-state index contributed by atoms with van der Waals surface area (Å²) in [6.07, 6.45) is 1.13. The molecule has 1 aromatic carbocycles. The molecule has 0 heterocycles. The van der Waals surface area contributed by atoms with E-state index in [1.807, 2.05) is 30.3 Å². The van der Waals surface area contributed by atoms with Crippen molar-refractivity contribution < 1.29 is 15.0 Å². The van der Waals surface area contributed by atoms with Crippen LogP contribution < -0.4 is 5.32 Å². The zero-order valence-corrected chi connectivity index (χ0v) is 10.7. The zero-order valence-electron chi connectivity index (χ0n) is 10.7. The number of hydrogen-bond acceptors (Lipinski definition) is 3. The van der Waals surface area contributed by atoms with Gasteiger partial charge in [0.15, 0.2) is 0 Å². The third-order valence-corrected chi connectivity index (χ3v) is 4.56. The van der Waals surface area contributed by atoms with E-state index in [4.69, 9.17) is 0 Å². The molecule has 2 bridgehead atoms. The van der Waals surface area contributed by atoms with Gasteiger partial charge in [0.25, 0.3) is 0 Å². The Bertz CT molecular complexity index is 476. The van der Waals surface area contributed by atoms with Crippen molar-refractivity contribution >= 4 is 5.91 Å². The monoisotopic (exact) mass is 261 g/mol. The van der Waals surface area contributed by atoms with E-state index in [2.05, 4.69) is 5.32 Å². The second kappa shape index (κ2) is 4.62. The van der Waals surface area contributed by atoms with Crippen molar-refractivity contribution in [1.82, 2.24) is 5.32 Å². The Hall–Kier alpha value is -1.39. The van der Waals surface area contributed by atoms with Gasteiger partial charge in [-0.15, -0.1) is 0 Å². The lowest BCUT2D eigenvalue weighted by Crippen LogP contribution is -2.56. The fourth-order valence-electron chi connectivity index (χ4n) is 3.55. The van der Waals surface area contributed by atoms with Crippen molar-refractivity contribution in [2.45, 2.75) is 43.4 Å². The highest BCUT2D eigenvalue weighted by molar-refractivity contribution is 5.79. The summed E-state index contributed by atoms with van der Waals surface area (Å²) in [6.45, 7) is 0. The number of carbonyl (C=O) groups is 1. The lowest BCUT2D eigenvalue weighted by atomic mass is 9.88. The third-order valence-electron chi connectivity index (χ3n) is 4.56. The maximum absolute atomic E-state index is 12.1. The Balaban J connectivity index is 1.67. The second-order valence-corrected chi connectivity index (χ2v) is 5.80. The van der Waals surface area contributed by atoms with E-state index >= 15 is 0 Å². The van der Waals surface area contributed by atoms with E-state index in [0.717, 1.165) is 18.4 Å². The van der Waals surface area contributed by atoms with Crippen LogP contribution in [0.4, 0.5) is 0 Å². The van der Waals surface area contributed by atoms with Crippen molar-refractivity contribution in [3.05, 3.63) is 35.9 Å². The van der Waals surface area contributed by atoms with Gasteiger partial charge in [0, 0.05) is 0 Å². The molecule has 1 aromatic rings. The van der Waals surface area contributed by atoms with Crippen LogP contribution in [0.2, 0.25) is 0 Å². The SMILES string of the molecule is O=C(Cc1ccccc1)NC12CCC(C1)[C@H](O)[C@@H]2O. The standard InChI is InChI=1S/C15H19NO3/c17-12(8-10-4-2-1-3-5-10)16-15-7-6-11(9-15)13(18)14(15)19/h1-5,11,13-14,18-19H,6-9H2,(H,16,17)/t11?,13-,14-,15?/m0/s1. The van der Waals surface area contributed by atoms with Crippen LogP contribution in [0.5, 0.6) is 0 Å². The Morgan fingerprint density at radius 1 is 1.32 bits per heavy atom. The summed E-state index contributed by atoms with van der Waals surface area (Å²) in [4.78, 5) is 12.1. The van der Waals surface area contributed by atoms with Crippen LogP contribution in [0.1, 0.15) is 24.8 Å². The van der Waals surface area contributed by atoms with Crippen LogP contribution >= 0.6 is 0 Å². The second-order valence-electron chi connectivity index (χ2n) is 5.80. The molecular weight excluding hydrogens is 242 g/mol. The van der Waals surface area contributed by atoms with E-state index in [1.165, 1.54) is 0 Å². The predicted octanol–water partition coefficient (Wildman–Crippen LogP) is 0.620. The lowest BCUT2D eigenvalue weighted by Gasteiger charge is -2.34. The number of benzene rings is 1. The average molecular weight is 261 g/mol. The lowest BCUT2D eigenvalue weighted by molar-refractivity contribution is -0.125. The smallest absolute Gasteiger partial charge is 0.224 e. The Kier molecular flexibility index (Phi) is 3.07. The fraction of sp³-hybridized carbons (Fsp3) is 0.533. The molecule has 2 aliphatic carbocycles. The number of carbonyl (C=O) groups excluding carboxylic acids is 1. The van der Waals surface area contributed by atoms with Crippen LogP contribution in [0.15, 0.2) is 30.3 Å². The van der Waals surface area contributed by atoms with Crippen LogP contribution in [0.25, 0.3) is 0 Å². The van der Waals surface area contributed by atoms with E-state index in [0.29, 0.717) is 12.8 Å². The highest BCUT2D eigenvalue weighted by atomic mass is 16.3. The first kappa shape index (κ1) is 12.6. The molecule has 2 aliphatic rings. The molecular formula is C15H19NO3. The van der Waals surface area contributed by atoms with Crippen LogP contribution in [-0.2, 0) is 11.2 Å². The maximum atomic E-state index is 12.1. The minimum Gasteiger partial charge on any atom is -0.390 e. The first-order chi connectivity index (χ1) is 9.11. The van der Waals surface area contributed by atoms with Crippen LogP contribution in [-0.4, -0.2) is 33.9 Å². The topological polar surface area (TPSA) is 69.6 Å². The van der Waals surface area contributed by atoms with E-state index in [1.54, 1.807) is 0 Å². The highest BCUT2D eigenvalue weighted by Crippen LogP contribution is 2.47. The molecule has 2 fully saturated rings. The van der Waals surface area contributed by atoms with Gasteiger partial charge in [-0.1, -0.05) is 30.3 Å². The molecule has 102 valence electrons. The van der Waals surface area contributed by atoms with E-state index in [9.17, 15) is 15.0 Å². The van der Waals surface area contributed by atoms with Crippen molar-refractivity contribution in [1.29, 1.82) is 0 Å². The Morgan fingerprint density at radius 2 is 2.05 bits per heavy atom. The van der Waals surface area contributed by atoms with Gasteiger partial charge in [0.05, 0.1) is 18.1 Å². The summed E-state index contributed by atoms with van der Waals surface area (Å²) < 4.78 is 0. The number of rotatable bonds is 3. The minimum absolute atomic E-state index is 0.0833. The number of aliphatic hydroxyl groups excluding tert-OH is 2. The number of aliphatic hydroxyl groups is 2. The summed E-state index contributed by atoms with van der Waals surface area (Å²) in [6, 6.07) is 9.54. The fourth-order valence-corrected chi connectivity index (χ4v) is 3.55. The number of hydrogen-bond donors (Lipinski definition) is 3. The molecule has 0 saturated heterocycles. The summed E-state index contributed by atoms with van der Waals surface area (Å²) >= 11 is 0. The summed E-state index contributed by atoms with van der Waals surface area (Å²) in [7, 11) is 0. The van der Waals surface area contributed by atoms with Crippen molar-refractivity contribution in [2.75, 3.05) is 0 Å². The van der Waals surface area contributed by atoms with Crippen molar-refractivity contribution in [3.63, 3.8) is 0 Å².